The van der Waals surface area contributed by atoms with E-state index in [9.17, 15) is 10.2 Å². The number of aryl methyl sites for hydroxylation is 1. The summed E-state index contributed by atoms with van der Waals surface area (Å²) in [4.78, 5) is 13.8. The molecule has 2 N–H and O–H groups in total. The maximum absolute atomic E-state index is 10.1. The summed E-state index contributed by atoms with van der Waals surface area (Å²) in [6, 6.07) is 12.0. The molecule has 1 aliphatic heterocycles. The maximum atomic E-state index is 10.1. The smallest absolute Gasteiger partial charge is 0.172 e. The van der Waals surface area contributed by atoms with Crippen molar-refractivity contribution in [1.29, 1.82) is 0 Å². The number of hydrogen-bond donors (Lipinski definition) is 2. The van der Waals surface area contributed by atoms with E-state index >= 15 is 0 Å². The van der Waals surface area contributed by atoms with Crippen molar-refractivity contribution in [2.24, 2.45) is 5.92 Å². The third-order valence-corrected chi connectivity index (χ3v) is 5.48. The quantitative estimate of drug-likeness (QED) is 0.766. The minimum absolute atomic E-state index is 0.0162. The Morgan fingerprint density at radius 2 is 2.00 bits per heavy atom. The van der Waals surface area contributed by atoms with Crippen LogP contribution >= 0.6 is 11.3 Å². The normalized spacial score (nSPS) is 20.9. The largest absolute Gasteiger partial charge is 0.396 e. The van der Waals surface area contributed by atoms with E-state index in [0.29, 0.717) is 18.9 Å². The number of aliphatic hydroxyl groups is 2. The Labute approximate surface area is 144 Å². The van der Waals surface area contributed by atoms with Crippen molar-refractivity contribution in [3.63, 3.8) is 0 Å². The zero-order chi connectivity index (χ0) is 16.7. The zero-order valence-corrected chi connectivity index (χ0v) is 14.2. The second-order valence-electron chi connectivity index (χ2n) is 6.21. The van der Waals surface area contributed by atoms with Gasteiger partial charge in [-0.05, 0) is 31.2 Å². The van der Waals surface area contributed by atoms with Crippen LogP contribution in [0.3, 0.4) is 0 Å². The molecule has 0 radical (unpaired) electrons. The zero-order valence-electron chi connectivity index (χ0n) is 13.4. The molecule has 4 rings (SSSR count). The molecule has 1 fully saturated rings. The molecule has 2 atom stereocenters. The lowest BCUT2D eigenvalue weighted by Crippen LogP contribution is -2.22. The summed E-state index contributed by atoms with van der Waals surface area (Å²) in [7, 11) is 0. The lowest BCUT2D eigenvalue weighted by molar-refractivity contribution is 0.104. The van der Waals surface area contributed by atoms with Gasteiger partial charge < -0.3 is 15.1 Å². The molecule has 0 bridgehead atoms. The van der Waals surface area contributed by atoms with Gasteiger partial charge in [0, 0.05) is 29.3 Å². The lowest BCUT2D eigenvalue weighted by atomic mass is 10.1. The van der Waals surface area contributed by atoms with Crippen molar-refractivity contribution in [3.05, 3.63) is 41.3 Å². The summed E-state index contributed by atoms with van der Waals surface area (Å²) in [5, 5.41) is 20.5. The summed E-state index contributed by atoms with van der Waals surface area (Å²) in [6.07, 6.45) is -0.531. The van der Waals surface area contributed by atoms with Crippen LogP contribution in [0.2, 0.25) is 0 Å². The molecule has 6 heteroatoms. The van der Waals surface area contributed by atoms with E-state index < -0.39 is 6.10 Å². The first kappa shape index (κ1) is 15.5. The highest BCUT2D eigenvalue weighted by molar-refractivity contribution is 7.15. The van der Waals surface area contributed by atoms with Gasteiger partial charge in [-0.1, -0.05) is 12.1 Å². The fraction of sp³-hybridized carbons (Fsp3) is 0.333. The number of β-amino-alcohol motifs (C(OH)–C–C–N with tert-alkyl or cyclic N) is 1. The lowest BCUT2D eigenvalue weighted by Gasteiger charge is -2.19. The number of benzene rings is 1. The van der Waals surface area contributed by atoms with Gasteiger partial charge in [0.05, 0.1) is 23.1 Å². The van der Waals surface area contributed by atoms with Gasteiger partial charge in [-0.15, -0.1) is 11.3 Å². The fourth-order valence-electron chi connectivity index (χ4n) is 3.17. The van der Waals surface area contributed by atoms with Crippen molar-refractivity contribution in [1.82, 2.24) is 9.97 Å². The minimum Gasteiger partial charge on any atom is -0.396 e. The number of aromatic nitrogens is 2. The number of thiophene rings is 1. The average molecular weight is 341 g/mol. The van der Waals surface area contributed by atoms with Crippen molar-refractivity contribution in [2.45, 2.75) is 13.0 Å². The molecular formula is C18H19N3O2S. The van der Waals surface area contributed by atoms with Gasteiger partial charge >= 0.3 is 0 Å². The van der Waals surface area contributed by atoms with Crippen LogP contribution in [0.15, 0.2) is 36.4 Å². The van der Waals surface area contributed by atoms with E-state index in [1.807, 2.05) is 30.3 Å². The van der Waals surface area contributed by atoms with Crippen LogP contribution in [0, 0.1) is 12.8 Å². The molecule has 1 aliphatic rings. The number of hydrogen-bond acceptors (Lipinski definition) is 6. The van der Waals surface area contributed by atoms with Gasteiger partial charge in [-0.3, -0.25) is 0 Å². The highest BCUT2D eigenvalue weighted by Crippen LogP contribution is 2.33. The number of aliphatic hydroxyl groups excluding tert-OH is 2. The molecule has 124 valence electrons. The molecule has 24 heavy (non-hydrogen) atoms. The summed E-state index contributed by atoms with van der Waals surface area (Å²) < 4.78 is 0. The molecule has 3 aromatic rings. The highest BCUT2D eigenvalue weighted by Gasteiger charge is 2.32. The molecule has 1 saturated heterocycles. The minimum atomic E-state index is -0.531. The van der Waals surface area contributed by atoms with Gasteiger partial charge in [0.1, 0.15) is 5.82 Å². The van der Waals surface area contributed by atoms with Crippen molar-refractivity contribution >= 4 is 28.1 Å². The topological polar surface area (TPSA) is 69.5 Å². The van der Waals surface area contributed by atoms with Gasteiger partial charge in [0.2, 0.25) is 0 Å². The highest BCUT2D eigenvalue weighted by atomic mass is 32.1. The summed E-state index contributed by atoms with van der Waals surface area (Å²) in [5.41, 5.74) is 0.894. The van der Waals surface area contributed by atoms with Crippen molar-refractivity contribution < 1.29 is 10.2 Å². The van der Waals surface area contributed by atoms with E-state index in [-0.39, 0.29) is 12.5 Å². The van der Waals surface area contributed by atoms with E-state index in [1.165, 1.54) is 4.88 Å². The Balaban J connectivity index is 1.84. The van der Waals surface area contributed by atoms with Gasteiger partial charge in [-0.2, -0.15) is 0 Å². The van der Waals surface area contributed by atoms with Crippen molar-refractivity contribution in [3.8, 4) is 10.7 Å². The van der Waals surface area contributed by atoms with E-state index in [0.717, 1.165) is 21.6 Å². The Bertz CT molecular complexity index is 880. The average Bonchev–Trinajstić information content (AvgIpc) is 3.19. The Hall–Kier alpha value is -2.02. The van der Waals surface area contributed by atoms with Crippen LogP contribution in [0.1, 0.15) is 4.88 Å². The predicted octanol–water partition coefficient (Wildman–Crippen LogP) is 2.46. The number of rotatable bonds is 3. The van der Waals surface area contributed by atoms with Crippen LogP contribution in [0.25, 0.3) is 21.6 Å². The molecule has 0 saturated carbocycles. The summed E-state index contributed by atoms with van der Waals surface area (Å²) in [5.74, 6) is 1.41. The van der Waals surface area contributed by atoms with Crippen LogP contribution in [0.5, 0.6) is 0 Å². The molecule has 0 unspecified atom stereocenters. The molecule has 0 spiro atoms. The summed E-state index contributed by atoms with van der Waals surface area (Å²) >= 11 is 1.67. The SMILES string of the molecule is Cc1ccc(-c2nc(N3C[C@H](CO)[C@@H](O)C3)c3ccccc3n2)s1. The molecule has 0 aliphatic carbocycles. The Morgan fingerprint density at radius 3 is 2.71 bits per heavy atom. The van der Waals surface area contributed by atoms with Gasteiger partial charge in [0.25, 0.3) is 0 Å². The number of nitrogens with zero attached hydrogens (tertiary/aromatic N) is 3. The molecule has 2 aromatic heterocycles. The van der Waals surface area contributed by atoms with E-state index in [1.54, 1.807) is 11.3 Å². The number of fused-ring (bicyclic) bond motifs is 1. The molecular weight excluding hydrogens is 322 g/mol. The van der Waals surface area contributed by atoms with Crippen LogP contribution < -0.4 is 4.90 Å². The molecule has 0 amide bonds. The maximum Gasteiger partial charge on any atom is 0.172 e. The second kappa shape index (κ2) is 6.12. The first-order valence-corrected chi connectivity index (χ1v) is 8.85. The predicted molar refractivity (Wildman–Crippen MR) is 96.4 cm³/mol. The third-order valence-electron chi connectivity index (χ3n) is 4.48. The van der Waals surface area contributed by atoms with Gasteiger partial charge in [-0.25, -0.2) is 9.97 Å². The van der Waals surface area contributed by atoms with Crippen LogP contribution in [0.4, 0.5) is 5.82 Å². The van der Waals surface area contributed by atoms with Crippen LogP contribution in [-0.4, -0.2) is 46.0 Å². The summed E-state index contributed by atoms with van der Waals surface area (Å²) in [6.45, 7) is 3.13. The van der Waals surface area contributed by atoms with E-state index in [2.05, 4.69) is 17.9 Å². The number of para-hydroxylation sites is 1. The number of anilines is 1. The monoisotopic (exact) mass is 341 g/mol. The van der Waals surface area contributed by atoms with Gasteiger partial charge in [0.15, 0.2) is 5.82 Å². The van der Waals surface area contributed by atoms with Crippen LogP contribution in [-0.2, 0) is 0 Å². The standard InChI is InChI=1S/C18H19N3O2S/c1-11-6-7-16(24-11)17-19-14-5-3-2-4-13(14)18(20-17)21-8-12(10-22)15(23)9-21/h2-7,12,15,22-23H,8-10H2,1H3/t12-,15+/m1/s1. The first-order valence-electron chi connectivity index (χ1n) is 8.03. The second-order valence-corrected chi connectivity index (χ2v) is 7.50. The Kier molecular flexibility index (Phi) is 3.96. The molecule has 1 aromatic carbocycles. The molecule has 5 nitrogen and oxygen atoms in total. The third kappa shape index (κ3) is 2.66. The fourth-order valence-corrected chi connectivity index (χ4v) is 3.97. The molecule has 3 heterocycles. The van der Waals surface area contributed by atoms with Crippen molar-refractivity contribution in [2.75, 3.05) is 24.6 Å². The first-order chi connectivity index (χ1) is 11.7. The van der Waals surface area contributed by atoms with E-state index in [4.69, 9.17) is 9.97 Å². The Morgan fingerprint density at radius 1 is 1.17 bits per heavy atom.